The molecule has 2 aromatic heterocycles. The van der Waals surface area contributed by atoms with Gasteiger partial charge in [0.15, 0.2) is 0 Å². The standard InChI is InChI=1S/C21H26N6O/c1-25(20(28)12-18-13-22-21-23-16-24-27(21)14-18)19-8-5-10-26(15-19)11-9-17-6-3-2-4-7-17/h2-4,6-7,13-14,16,19H,5,8-12,15H2,1H3. The largest absolute Gasteiger partial charge is 0.341 e. The highest BCUT2D eigenvalue weighted by Crippen LogP contribution is 2.17. The molecule has 7 heteroatoms. The molecule has 1 atom stereocenters. The molecule has 28 heavy (non-hydrogen) atoms. The summed E-state index contributed by atoms with van der Waals surface area (Å²) in [6.45, 7) is 3.09. The van der Waals surface area contributed by atoms with Gasteiger partial charge in [-0.3, -0.25) is 4.79 Å². The molecule has 1 aliphatic rings. The van der Waals surface area contributed by atoms with Crippen molar-refractivity contribution < 1.29 is 4.79 Å². The van der Waals surface area contributed by atoms with Crippen LogP contribution in [0.2, 0.25) is 0 Å². The zero-order chi connectivity index (χ0) is 19.3. The second-order valence-electron chi connectivity index (χ2n) is 7.48. The molecule has 1 unspecified atom stereocenters. The quantitative estimate of drug-likeness (QED) is 0.655. The molecule has 1 fully saturated rings. The van der Waals surface area contributed by atoms with Crippen LogP contribution in [0.1, 0.15) is 24.0 Å². The minimum absolute atomic E-state index is 0.121. The third-order valence-electron chi connectivity index (χ3n) is 5.52. The number of piperidine rings is 1. The third-order valence-corrected chi connectivity index (χ3v) is 5.52. The predicted molar refractivity (Wildman–Crippen MR) is 107 cm³/mol. The summed E-state index contributed by atoms with van der Waals surface area (Å²) in [4.78, 5) is 25.5. The van der Waals surface area contributed by atoms with Crippen LogP contribution >= 0.6 is 0 Å². The van der Waals surface area contributed by atoms with E-state index in [0.29, 0.717) is 12.2 Å². The van der Waals surface area contributed by atoms with Crippen LogP contribution in [0.4, 0.5) is 0 Å². The Bertz CT molecular complexity index is 925. The summed E-state index contributed by atoms with van der Waals surface area (Å²) in [5.74, 6) is 0.669. The number of carbonyl (C=O) groups is 1. The van der Waals surface area contributed by atoms with Gasteiger partial charge in [-0.15, -0.1) is 0 Å². The number of carbonyl (C=O) groups excluding carboxylic acids is 1. The van der Waals surface area contributed by atoms with Crippen LogP contribution in [0.15, 0.2) is 49.1 Å². The van der Waals surface area contributed by atoms with Crippen molar-refractivity contribution >= 4 is 11.7 Å². The van der Waals surface area contributed by atoms with Gasteiger partial charge in [0.1, 0.15) is 6.33 Å². The average Bonchev–Trinajstić information content (AvgIpc) is 3.20. The van der Waals surface area contributed by atoms with Crippen LogP contribution in [-0.2, 0) is 17.6 Å². The number of aromatic nitrogens is 4. The maximum absolute atomic E-state index is 12.8. The maximum atomic E-state index is 12.8. The lowest BCUT2D eigenvalue weighted by Gasteiger charge is -2.37. The zero-order valence-electron chi connectivity index (χ0n) is 16.2. The van der Waals surface area contributed by atoms with E-state index in [4.69, 9.17) is 0 Å². The maximum Gasteiger partial charge on any atom is 0.252 e. The van der Waals surface area contributed by atoms with Crippen molar-refractivity contribution in [3.63, 3.8) is 0 Å². The van der Waals surface area contributed by atoms with Crippen molar-refractivity contribution in [1.29, 1.82) is 0 Å². The summed E-state index contributed by atoms with van der Waals surface area (Å²) in [6, 6.07) is 10.9. The predicted octanol–water partition coefficient (Wildman–Crippen LogP) is 1.83. The van der Waals surface area contributed by atoms with Crippen molar-refractivity contribution in [3.05, 3.63) is 60.2 Å². The molecule has 7 nitrogen and oxygen atoms in total. The number of hydrogen-bond acceptors (Lipinski definition) is 5. The lowest BCUT2D eigenvalue weighted by molar-refractivity contribution is -0.132. The minimum Gasteiger partial charge on any atom is -0.341 e. The lowest BCUT2D eigenvalue weighted by atomic mass is 10.0. The number of fused-ring (bicyclic) bond motifs is 1. The molecule has 1 amide bonds. The van der Waals surface area contributed by atoms with E-state index < -0.39 is 0 Å². The molecule has 3 aromatic rings. The number of hydrogen-bond donors (Lipinski definition) is 0. The Morgan fingerprint density at radius 2 is 2.07 bits per heavy atom. The van der Waals surface area contributed by atoms with Crippen molar-refractivity contribution in [2.24, 2.45) is 0 Å². The first-order valence-corrected chi connectivity index (χ1v) is 9.85. The van der Waals surface area contributed by atoms with Crippen molar-refractivity contribution in [2.45, 2.75) is 31.7 Å². The molecule has 1 aliphatic heterocycles. The number of nitrogens with zero attached hydrogens (tertiary/aromatic N) is 6. The van der Waals surface area contributed by atoms with Gasteiger partial charge in [0.2, 0.25) is 5.91 Å². The first kappa shape index (κ1) is 18.6. The van der Waals surface area contributed by atoms with E-state index in [2.05, 4.69) is 50.3 Å². The van der Waals surface area contributed by atoms with Crippen LogP contribution < -0.4 is 0 Å². The number of likely N-dealkylation sites (N-methyl/N-ethyl adjacent to an activating group) is 1. The SMILES string of the molecule is CN(C(=O)Cc1cnc2ncnn2c1)C1CCCN(CCc2ccccc2)C1. The van der Waals surface area contributed by atoms with Crippen LogP contribution in [0.3, 0.4) is 0 Å². The number of rotatable bonds is 6. The number of amides is 1. The highest BCUT2D eigenvalue weighted by atomic mass is 16.2. The van der Waals surface area contributed by atoms with E-state index >= 15 is 0 Å². The summed E-state index contributed by atoms with van der Waals surface area (Å²) in [5, 5.41) is 4.09. The van der Waals surface area contributed by atoms with E-state index in [1.807, 2.05) is 18.1 Å². The van der Waals surface area contributed by atoms with E-state index in [1.165, 1.54) is 11.9 Å². The fourth-order valence-electron chi connectivity index (χ4n) is 3.83. The molecule has 1 aromatic carbocycles. The van der Waals surface area contributed by atoms with Gasteiger partial charge in [0.05, 0.1) is 6.42 Å². The highest BCUT2D eigenvalue weighted by molar-refractivity contribution is 5.78. The van der Waals surface area contributed by atoms with Crippen molar-refractivity contribution in [1.82, 2.24) is 29.4 Å². The van der Waals surface area contributed by atoms with Gasteiger partial charge in [-0.05, 0) is 36.9 Å². The highest BCUT2D eigenvalue weighted by Gasteiger charge is 2.26. The van der Waals surface area contributed by atoms with E-state index in [0.717, 1.165) is 44.5 Å². The molecule has 0 saturated carbocycles. The summed E-state index contributed by atoms with van der Waals surface area (Å²) in [7, 11) is 1.93. The van der Waals surface area contributed by atoms with Crippen molar-refractivity contribution in [3.8, 4) is 0 Å². The van der Waals surface area contributed by atoms with Gasteiger partial charge in [-0.25, -0.2) is 9.50 Å². The van der Waals surface area contributed by atoms with Gasteiger partial charge in [0.25, 0.3) is 5.78 Å². The lowest BCUT2D eigenvalue weighted by Crippen LogP contribution is -2.49. The minimum atomic E-state index is 0.121. The molecule has 4 rings (SSSR count). The second-order valence-corrected chi connectivity index (χ2v) is 7.48. The smallest absolute Gasteiger partial charge is 0.252 e. The summed E-state index contributed by atoms with van der Waals surface area (Å²) in [5.41, 5.74) is 2.22. The molecule has 0 spiro atoms. The summed E-state index contributed by atoms with van der Waals surface area (Å²) >= 11 is 0. The Hall–Kier alpha value is -2.80. The van der Waals surface area contributed by atoms with Gasteiger partial charge in [-0.2, -0.15) is 10.1 Å². The fraction of sp³-hybridized carbons (Fsp3) is 0.429. The first-order valence-electron chi connectivity index (χ1n) is 9.85. The van der Waals surface area contributed by atoms with Gasteiger partial charge in [0, 0.05) is 38.6 Å². The second kappa shape index (κ2) is 8.48. The Morgan fingerprint density at radius 3 is 2.93 bits per heavy atom. The summed E-state index contributed by atoms with van der Waals surface area (Å²) < 4.78 is 1.61. The van der Waals surface area contributed by atoms with E-state index in [-0.39, 0.29) is 11.9 Å². The first-order chi connectivity index (χ1) is 13.7. The van der Waals surface area contributed by atoms with E-state index in [9.17, 15) is 4.79 Å². The van der Waals surface area contributed by atoms with Crippen LogP contribution in [0, 0.1) is 0 Å². The fourth-order valence-corrected chi connectivity index (χ4v) is 3.83. The van der Waals surface area contributed by atoms with Crippen LogP contribution in [0.5, 0.6) is 0 Å². The van der Waals surface area contributed by atoms with E-state index in [1.54, 1.807) is 10.7 Å². The molecule has 146 valence electrons. The monoisotopic (exact) mass is 378 g/mol. The molecule has 1 saturated heterocycles. The molecule has 0 N–H and O–H groups in total. The molecular formula is C21H26N6O. The van der Waals surface area contributed by atoms with Crippen LogP contribution in [-0.4, -0.2) is 68.0 Å². The molecular weight excluding hydrogens is 352 g/mol. The Labute approximate surface area is 165 Å². The van der Waals surface area contributed by atoms with Gasteiger partial charge < -0.3 is 9.80 Å². The zero-order valence-corrected chi connectivity index (χ0v) is 16.2. The Balaban J connectivity index is 1.32. The average molecular weight is 378 g/mol. The molecule has 0 bridgehead atoms. The molecule has 0 radical (unpaired) electrons. The van der Waals surface area contributed by atoms with Gasteiger partial charge in [-0.1, -0.05) is 30.3 Å². The third kappa shape index (κ3) is 4.36. The van der Waals surface area contributed by atoms with Crippen LogP contribution in [0.25, 0.3) is 5.78 Å². The molecule has 0 aliphatic carbocycles. The number of benzene rings is 1. The normalized spacial score (nSPS) is 17.7. The topological polar surface area (TPSA) is 66.6 Å². The van der Waals surface area contributed by atoms with Gasteiger partial charge >= 0.3 is 0 Å². The Kier molecular flexibility index (Phi) is 5.62. The van der Waals surface area contributed by atoms with Crippen molar-refractivity contribution in [2.75, 3.05) is 26.7 Å². The number of likely N-dealkylation sites (tertiary alicyclic amines) is 1. The Morgan fingerprint density at radius 1 is 1.21 bits per heavy atom. The summed E-state index contributed by atoms with van der Waals surface area (Å²) in [6.07, 6.45) is 8.58. The molecule has 3 heterocycles.